The van der Waals surface area contributed by atoms with Crippen LogP contribution in [0.15, 0.2) is 29.2 Å². The smallest absolute Gasteiger partial charge is 0.322 e. The molecule has 13 heavy (non-hydrogen) atoms. The highest BCUT2D eigenvalue weighted by Gasteiger charge is 1.97. The predicted molar refractivity (Wildman–Crippen MR) is 49.7 cm³/mol. The van der Waals surface area contributed by atoms with E-state index in [1.54, 1.807) is 24.3 Å². The van der Waals surface area contributed by atoms with Crippen molar-refractivity contribution in [3.05, 3.63) is 29.8 Å². The van der Waals surface area contributed by atoms with Crippen LogP contribution >= 0.6 is 11.9 Å². The first-order chi connectivity index (χ1) is 6.22. The van der Waals surface area contributed by atoms with Crippen LogP contribution in [0, 0.1) is 11.3 Å². The van der Waals surface area contributed by atoms with Crippen molar-refractivity contribution < 1.29 is 4.79 Å². The van der Waals surface area contributed by atoms with Gasteiger partial charge in [0.05, 0.1) is 11.6 Å². The summed E-state index contributed by atoms with van der Waals surface area (Å²) in [4.78, 5) is 11.1. The van der Waals surface area contributed by atoms with Crippen molar-refractivity contribution in [3.63, 3.8) is 0 Å². The molecule has 0 aliphatic heterocycles. The van der Waals surface area contributed by atoms with Gasteiger partial charge < -0.3 is 5.73 Å². The molecule has 0 unspecified atom stereocenters. The van der Waals surface area contributed by atoms with Gasteiger partial charge in [-0.1, -0.05) is 6.07 Å². The molecule has 0 aliphatic carbocycles. The van der Waals surface area contributed by atoms with E-state index < -0.39 is 6.03 Å². The number of carbonyl (C=O) groups excluding carboxylic acids is 1. The van der Waals surface area contributed by atoms with Crippen molar-refractivity contribution in [3.8, 4) is 6.07 Å². The van der Waals surface area contributed by atoms with Gasteiger partial charge in [0.2, 0.25) is 0 Å². The molecule has 0 fully saturated rings. The van der Waals surface area contributed by atoms with Crippen LogP contribution in [-0.4, -0.2) is 6.03 Å². The molecule has 0 bridgehead atoms. The summed E-state index contributed by atoms with van der Waals surface area (Å²) in [7, 11) is 0. The zero-order chi connectivity index (χ0) is 9.68. The van der Waals surface area contributed by atoms with Gasteiger partial charge in [-0.05, 0) is 30.1 Å². The van der Waals surface area contributed by atoms with Crippen molar-refractivity contribution >= 4 is 18.0 Å². The molecule has 66 valence electrons. The molecule has 3 N–H and O–H groups in total. The monoisotopic (exact) mass is 193 g/mol. The lowest BCUT2D eigenvalue weighted by Crippen LogP contribution is -2.22. The molecular formula is C8H7N3OS. The lowest BCUT2D eigenvalue weighted by atomic mass is 10.2. The van der Waals surface area contributed by atoms with Gasteiger partial charge >= 0.3 is 6.03 Å². The van der Waals surface area contributed by atoms with Gasteiger partial charge in [-0.15, -0.1) is 0 Å². The van der Waals surface area contributed by atoms with E-state index >= 15 is 0 Å². The molecule has 0 aromatic heterocycles. The number of rotatable bonds is 2. The Bertz CT molecular complexity index is 359. The fraction of sp³-hybridized carbons (Fsp3) is 0. The zero-order valence-corrected chi connectivity index (χ0v) is 7.47. The van der Waals surface area contributed by atoms with Crippen molar-refractivity contribution in [2.45, 2.75) is 4.90 Å². The van der Waals surface area contributed by atoms with Gasteiger partial charge in [0.15, 0.2) is 0 Å². The van der Waals surface area contributed by atoms with E-state index in [1.807, 2.05) is 6.07 Å². The first-order valence-electron chi connectivity index (χ1n) is 3.45. The standard InChI is InChI=1S/C8H7N3OS/c9-5-6-2-1-3-7(4-6)13-11-8(10)12/h1-4H,(H3,10,11,12). The third-order valence-electron chi connectivity index (χ3n) is 1.23. The third kappa shape index (κ3) is 3.05. The average molecular weight is 193 g/mol. The quantitative estimate of drug-likeness (QED) is 0.693. The second kappa shape index (κ2) is 4.38. The molecule has 0 saturated carbocycles. The number of hydrogen-bond donors (Lipinski definition) is 2. The highest BCUT2D eigenvalue weighted by molar-refractivity contribution is 7.98. The highest BCUT2D eigenvalue weighted by Crippen LogP contribution is 2.15. The van der Waals surface area contributed by atoms with Crippen LogP contribution in [0.3, 0.4) is 0 Å². The molecule has 0 radical (unpaired) electrons. The maximum absolute atomic E-state index is 10.4. The van der Waals surface area contributed by atoms with E-state index in [1.165, 1.54) is 0 Å². The summed E-state index contributed by atoms with van der Waals surface area (Å²) in [5, 5.41) is 8.57. The molecule has 5 heteroatoms. The van der Waals surface area contributed by atoms with Crippen LogP contribution < -0.4 is 10.5 Å². The number of hydrogen-bond acceptors (Lipinski definition) is 3. The van der Waals surface area contributed by atoms with Crippen molar-refractivity contribution in [2.24, 2.45) is 5.73 Å². The van der Waals surface area contributed by atoms with E-state index in [9.17, 15) is 4.79 Å². The SMILES string of the molecule is N#Cc1cccc(SNC(N)=O)c1. The topological polar surface area (TPSA) is 78.9 Å². The summed E-state index contributed by atoms with van der Waals surface area (Å²) in [6, 6.07) is 8.27. The number of nitrogens with one attached hydrogen (secondary N) is 1. The Morgan fingerprint density at radius 2 is 2.38 bits per heavy atom. The van der Waals surface area contributed by atoms with Gasteiger partial charge in [-0.3, -0.25) is 4.72 Å². The number of benzene rings is 1. The Morgan fingerprint density at radius 3 is 3.00 bits per heavy atom. The molecule has 0 atom stereocenters. The van der Waals surface area contributed by atoms with Gasteiger partial charge in [0.1, 0.15) is 0 Å². The first kappa shape index (κ1) is 9.42. The Hall–Kier alpha value is -1.67. The molecule has 1 aromatic rings. The van der Waals surface area contributed by atoms with E-state index in [4.69, 9.17) is 11.0 Å². The summed E-state index contributed by atoms with van der Waals surface area (Å²) >= 11 is 1.08. The fourth-order valence-corrected chi connectivity index (χ4v) is 1.29. The fourth-order valence-electron chi connectivity index (χ4n) is 0.738. The van der Waals surface area contributed by atoms with Crippen molar-refractivity contribution in [1.82, 2.24) is 4.72 Å². The maximum Gasteiger partial charge on any atom is 0.322 e. The lowest BCUT2D eigenvalue weighted by Gasteiger charge is -1.99. The summed E-state index contributed by atoms with van der Waals surface area (Å²) in [5.41, 5.74) is 5.43. The number of carbonyl (C=O) groups is 1. The Kier molecular flexibility index (Phi) is 3.17. The molecule has 1 rings (SSSR count). The van der Waals surface area contributed by atoms with E-state index in [0.29, 0.717) is 5.56 Å². The van der Waals surface area contributed by atoms with Crippen LogP contribution in [0.5, 0.6) is 0 Å². The van der Waals surface area contributed by atoms with E-state index in [2.05, 4.69) is 4.72 Å². The summed E-state index contributed by atoms with van der Waals surface area (Å²) < 4.78 is 2.36. The number of amides is 2. The molecule has 0 spiro atoms. The molecule has 4 nitrogen and oxygen atoms in total. The number of nitrogens with zero attached hydrogens (tertiary/aromatic N) is 1. The minimum atomic E-state index is -0.604. The molecule has 0 heterocycles. The second-order valence-corrected chi connectivity index (χ2v) is 3.09. The minimum absolute atomic E-state index is 0.552. The van der Waals surface area contributed by atoms with Crippen LogP contribution in [0.4, 0.5) is 4.79 Å². The summed E-state index contributed by atoms with van der Waals surface area (Å²) in [6.07, 6.45) is 0. The number of nitrogens with two attached hydrogens (primary N) is 1. The van der Waals surface area contributed by atoms with Gasteiger partial charge in [0.25, 0.3) is 0 Å². The van der Waals surface area contributed by atoms with Crippen LogP contribution in [-0.2, 0) is 0 Å². The van der Waals surface area contributed by atoms with Crippen LogP contribution in [0.25, 0.3) is 0 Å². The van der Waals surface area contributed by atoms with E-state index in [-0.39, 0.29) is 0 Å². The second-order valence-electron chi connectivity index (χ2n) is 2.21. The predicted octanol–water partition coefficient (Wildman–Crippen LogP) is 1.23. The first-order valence-corrected chi connectivity index (χ1v) is 4.26. The van der Waals surface area contributed by atoms with Gasteiger partial charge in [0, 0.05) is 4.90 Å². The number of urea groups is 1. The summed E-state index contributed by atoms with van der Waals surface area (Å²) in [6.45, 7) is 0. The number of primary amides is 1. The van der Waals surface area contributed by atoms with Crippen molar-refractivity contribution in [1.29, 1.82) is 5.26 Å². The van der Waals surface area contributed by atoms with Gasteiger partial charge in [-0.2, -0.15) is 5.26 Å². The third-order valence-corrected chi connectivity index (χ3v) is 2.03. The molecule has 1 aromatic carbocycles. The molecule has 0 saturated heterocycles. The molecular weight excluding hydrogens is 186 g/mol. The lowest BCUT2D eigenvalue weighted by molar-refractivity contribution is 0.254. The van der Waals surface area contributed by atoms with Gasteiger partial charge in [-0.25, -0.2) is 4.79 Å². The molecule has 0 aliphatic rings. The largest absolute Gasteiger partial charge is 0.351 e. The maximum atomic E-state index is 10.4. The highest BCUT2D eigenvalue weighted by atomic mass is 32.2. The van der Waals surface area contributed by atoms with Crippen LogP contribution in [0.2, 0.25) is 0 Å². The Morgan fingerprint density at radius 1 is 1.62 bits per heavy atom. The zero-order valence-electron chi connectivity index (χ0n) is 6.65. The minimum Gasteiger partial charge on any atom is -0.351 e. The van der Waals surface area contributed by atoms with Crippen LogP contribution in [0.1, 0.15) is 5.56 Å². The van der Waals surface area contributed by atoms with E-state index in [0.717, 1.165) is 16.8 Å². The Labute approximate surface area is 79.9 Å². The normalized spacial score (nSPS) is 8.85. The number of nitriles is 1. The summed E-state index contributed by atoms with van der Waals surface area (Å²) in [5.74, 6) is 0. The van der Waals surface area contributed by atoms with Crippen molar-refractivity contribution in [2.75, 3.05) is 0 Å². The molecule has 2 amide bonds. The average Bonchev–Trinajstić information content (AvgIpc) is 2.15. The Balaban J connectivity index is 2.68.